The van der Waals surface area contributed by atoms with E-state index in [0.29, 0.717) is 18.3 Å². The average Bonchev–Trinajstić information content (AvgIpc) is 2.92. The lowest BCUT2D eigenvalue weighted by molar-refractivity contribution is 0.0563. The van der Waals surface area contributed by atoms with Crippen LogP contribution in [0.4, 0.5) is 0 Å². The summed E-state index contributed by atoms with van der Waals surface area (Å²) in [6.45, 7) is 0.672. The van der Waals surface area contributed by atoms with Gasteiger partial charge in [-0.1, -0.05) is 0 Å². The molecule has 0 radical (unpaired) electrons. The zero-order chi connectivity index (χ0) is 9.97. The molecule has 1 fully saturated rings. The number of hydrogen-bond acceptors (Lipinski definition) is 4. The number of rotatable bonds is 4. The number of methoxy groups -OCH3 is 1. The smallest absolute Gasteiger partial charge is 0.374 e. The molecule has 1 aliphatic rings. The van der Waals surface area contributed by atoms with Crippen LogP contribution < -0.4 is 5.32 Å². The fourth-order valence-corrected chi connectivity index (χ4v) is 1.29. The van der Waals surface area contributed by atoms with Crippen molar-refractivity contribution in [3.8, 4) is 0 Å². The van der Waals surface area contributed by atoms with Crippen molar-refractivity contribution in [3.63, 3.8) is 0 Å². The van der Waals surface area contributed by atoms with Crippen LogP contribution in [0, 0.1) is 0 Å². The van der Waals surface area contributed by atoms with Gasteiger partial charge in [0.05, 0.1) is 13.4 Å². The van der Waals surface area contributed by atoms with E-state index in [9.17, 15) is 4.79 Å². The molecule has 0 unspecified atom stereocenters. The van der Waals surface area contributed by atoms with E-state index < -0.39 is 5.97 Å². The van der Waals surface area contributed by atoms with Gasteiger partial charge in [-0.3, -0.25) is 0 Å². The van der Waals surface area contributed by atoms with E-state index in [1.54, 1.807) is 6.07 Å². The summed E-state index contributed by atoms with van der Waals surface area (Å²) in [5, 5.41) is 3.31. The first-order valence-corrected chi connectivity index (χ1v) is 4.69. The third-order valence-corrected chi connectivity index (χ3v) is 2.28. The second-order valence-electron chi connectivity index (χ2n) is 3.42. The van der Waals surface area contributed by atoms with E-state index in [-0.39, 0.29) is 0 Å². The molecule has 14 heavy (non-hydrogen) atoms. The molecule has 1 aliphatic carbocycles. The van der Waals surface area contributed by atoms with Gasteiger partial charge in [0.1, 0.15) is 0 Å². The molecule has 4 heteroatoms. The normalized spacial score (nSPS) is 15.5. The maximum atomic E-state index is 11.2. The van der Waals surface area contributed by atoms with Crippen molar-refractivity contribution in [1.82, 2.24) is 5.32 Å². The van der Waals surface area contributed by atoms with Crippen LogP contribution in [0.3, 0.4) is 0 Å². The van der Waals surface area contributed by atoms with Crippen LogP contribution in [0.25, 0.3) is 0 Å². The zero-order valence-electron chi connectivity index (χ0n) is 8.08. The molecule has 1 heterocycles. The third-order valence-electron chi connectivity index (χ3n) is 2.28. The van der Waals surface area contributed by atoms with Crippen LogP contribution in [-0.4, -0.2) is 19.1 Å². The summed E-state index contributed by atoms with van der Waals surface area (Å²) in [5.41, 5.74) is 0.865. The van der Waals surface area contributed by atoms with Crippen LogP contribution in [0.15, 0.2) is 16.7 Å². The Hall–Kier alpha value is -1.29. The Morgan fingerprint density at radius 1 is 1.71 bits per heavy atom. The average molecular weight is 195 g/mol. The van der Waals surface area contributed by atoms with E-state index in [1.807, 2.05) is 0 Å². The fourth-order valence-electron chi connectivity index (χ4n) is 1.29. The molecular formula is C10H13NO3. The lowest BCUT2D eigenvalue weighted by Gasteiger charge is -2.01. The Bertz CT molecular complexity index is 328. The molecule has 0 atom stereocenters. The highest BCUT2D eigenvalue weighted by molar-refractivity contribution is 5.87. The largest absolute Gasteiger partial charge is 0.463 e. The summed E-state index contributed by atoms with van der Waals surface area (Å²) in [5.74, 6) is -0.108. The quantitative estimate of drug-likeness (QED) is 0.736. The fraction of sp³-hybridized carbons (Fsp3) is 0.500. The van der Waals surface area contributed by atoms with E-state index in [2.05, 4.69) is 10.1 Å². The molecule has 1 aromatic heterocycles. The molecule has 1 aromatic rings. The number of ether oxygens (including phenoxy) is 1. The highest BCUT2D eigenvalue weighted by atomic mass is 16.5. The first-order valence-electron chi connectivity index (χ1n) is 4.69. The van der Waals surface area contributed by atoms with Crippen molar-refractivity contribution in [2.75, 3.05) is 7.11 Å². The van der Waals surface area contributed by atoms with Gasteiger partial charge in [-0.05, 0) is 18.9 Å². The van der Waals surface area contributed by atoms with Crippen LogP contribution in [0.5, 0.6) is 0 Å². The van der Waals surface area contributed by atoms with Crippen LogP contribution in [0.1, 0.15) is 29.0 Å². The van der Waals surface area contributed by atoms with Crippen molar-refractivity contribution >= 4 is 5.97 Å². The number of hydrogen-bond donors (Lipinski definition) is 1. The highest BCUT2D eigenvalue weighted by Gasteiger charge is 2.22. The van der Waals surface area contributed by atoms with Gasteiger partial charge in [0, 0.05) is 18.2 Å². The lowest BCUT2D eigenvalue weighted by Crippen LogP contribution is -2.17. The number of esters is 1. The SMILES string of the molecule is COC(=O)c1occc1CNC1CC1. The maximum Gasteiger partial charge on any atom is 0.374 e. The summed E-state index contributed by atoms with van der Waals surface area (Å²) in [6, 6.07) is 2.41. The van der Waals surface area contributed by atoms with Crippen LogP contribution >= 0.6 is 0 Å². The number of nitrogens with one attached hydrogen (secondary N) is 1. The Kier molecular flexibility index (Phi) is 2.54. The van der Waals surface area contributed by atoms with Gasteiger partial charge in [-0.25, -0.2) is 4.79 Å². The molecule has 1 N–H and O–H groups in total. The predicted octanol–water partition coefficient (Wildman–Crippen LogP) is 1.32. The molecule has 76 valence electrons. The Morgan fingerprint density at radius 3 is 3.14 bits per heavy atom. The Balaban J connectivity index is 2.00. The topological polar surface area (TPSA) is 51.5 Å². The van der Waals surface area contributed by atoms with Crippen LogP contribution in [0.2, 0.25) is 0 Å². The van der Waals surface area contributed by atoms with Gasteiger partial charge < -0.3 is 14.5 Å². The summed E-state index contributed by atoms with van der Waals surface area (Å²) >= 11 is 0. The minimum atomic E-state index is -0.414. The van der Waals surface area contributed by atoms with E-state index in [1.165, 1.54) is 26.2 Å². The predicted molar refractivity (Wildman–Crippen MR) is 49.9 cm³/mol. The Morgan fingerprint density at radius 2 is 2.50 bits per heavy atom. The van der Waals surface area contributed by atoms with Crippen molar-refractivity contribution in [2.24, 2.45) is 0 Å². The number of carbonyl (C=O) groups excluding carboxylic acids is 1. The molecule has 2 rings (SSSR count). The van der Waals surface area contributed by atoms with Crippen molar-refractivity contribution in [2.45, 2.75) is 25.4 Å². The first kappa shape index (κ1) is 9.27. The van der Waals surface area contributed by atoms with Crippen molar-refractivity contribution in [3.05, 3.63) is 23.7 Å². The second kappa shape index (κ2) is 3.84. The van der Waals surface area contributed by atoms with Gasteiger partial charge in [-0.2, -0.15) is 0 Å². The minimum Gasteiger partial charge on any atom is -0.463 e. The summed E-state index contributed by atoms with van der Waals surface area (Å²) < 4.78 is 9.65. The van der Waals surface area contributed by atoms with E-state index in [4.69, 9.17) is 4.42 Å². The van der Waals surface area contributed by atoms with Crippen molar-refractivity contribution in [1.29, 1.82) is 0 Å². The number of carbonyl (C=O) groups is 1. The lowest BCUT2D eigenvalue weighted by atomic mass is 10.2. The minimum absolute atomic E-state index is 0.306. The van der Waals surface area contributed by atoms with E-state index in [0.717, 1.165) is 5.56 Å². The second-order valence-corrected chi connectivity index (χ2v) is 3.42. The third kappa shape index (κ3) is 1.96. The monoisotopic (exact) mass is 195 g/mol. The standard InChI is InChI=1S/C10H13NO3/c1-13-10(12)9-7(4-5-14-9)6-11-8-2-3-8/h4-5,8,11H,2-3,6H2,1H3. The molecule has 0 spiro atoms. The van der Waals surface area contributed by atoms with E-state index >= 15 is 0 Å². The van der Waals surface area contributed by atoms with Crippen molar-refractivity contribution < 1.29 is 13.9 Å². The summed E-state index contributed by atoms with van der Waals surface area (Å²) in [4.78, 5) is 11.2. The molecule has 1 saturated carbocycles. The van der Waals surface area contributed by atoms with Gasteiger partial charge in [0.25, 0.3) is 0 Å². The molecule has 4 nitrogen and oxygen atoms in total. The summed E-state index contributed by atoms with van der Waals surface area (Å²) in [6.07, 6.45) is 3.97. The molecule has 0 amide bonds. The van der Waals surface area contributed by atoms with Gasteiger partial charge in [0.2, 0.25) is 5.76 Å². The van der Waals surface area contributed by atoms with Gasteiger partial charge in [-0.15, -0.1) is 0 Å². The van der Waals surface area contributed by atoms with Gasteiger partial charge in [0.15, 0.2) is 0 Å². The molecule has 0 aromatic carbocycles. The highest BCUT2D eigenvalue weighted by Crippen LogP contribution is 2.20. The molecular weight excluding hydrogens is 182 g/mol. The molecule has 0 bridgehead atoms. The zero-order valence-corrected chi connectivity index (χ0v) is 8.08. The maximum absolute atomic E-state index is 11.2. The molecule has 0 saturated heterocycles. The molecule has 0 aliphatic heterocycles. The van der Waals surface area contributed by atoms with Gasteiger partial charge >= 0.3 is 5.97 Å². The summed E-state index contributed by atoms with van der Waals surface area (Å²) in [7, 11) is 1.35. The Labute approximate surface area is 82.2 Å². The first-order chi connectivity index (χ1) is 6.81. The number of furan rings is 1. The van der Waals surface area contributed by atoms with Crippen LogP contribution in [-0.2, 0) is 11.3 Å².